The Morgan fingerprint density at radius 1 is 1.39 bits per heavy atom. The Bertz CT molecular complexity index is 438. The van der Waals surface area contributed by atoms with Crippen molar-refractivity contribution in [1.82, 2.24) is 0 Å². The van der Waals surface area contributed by atoms with Crippen LogP contribution in [0.15, 0.2) is 33.6 Å². The van der Waals surface area contributed by atoms with Gasteiger partial charge < -0.3 is 5.73 Å². The second-order valence-electron chi connectivity index (χ2n) is 5.02. The predicted molar refractivity (Wildman–Crippen MR) is 79.9 cm³/mol. The number of halogens is 1. The van der Waals surface area contributed by atoms with Gasteiger partial charge in [0, 0.05) is 10.5 Å². The molecule has 4 atom stereocenters. The molecule has 1 fully saturated rings. The average Bonchev–Trinajstić information content (AvgIpc) is 2.39. The van der Waals surface area contributed by atoms with E-state index in [0.717, 1.165) is 28.6 Å². The highest BCUT2D eigenvalue weighted by Gasteiger charge is 2.32. The van der Waals surface area contributed by atoms with Crippen LogP contribution in [0.1, 0.15) is 32.6 Å². The minimum atomic E-state index is -1.01. The molecule has 1 aromatic carbocycles. The molecule has 0 saturated heterocycles. The zero-order chi connectivity index (χ0) is 13.1. The van der Waals surface area contributed by atoms with E-state index in [9.17, 15) is 4.21 Å². The molecule has 4 heteroatoms. The molecular formula is C14H20BrNOS. The lowest BCUT2D eigenvalue weighted by Crippen LogP contribution is -2.42. The van der Waals surface area contributed by atoms with E-state index < -0.39 is 10.8 Å². The first-order valence-corrected chi connectivity index (χ1v) is 8.54. The van der Waals surface area contributed by atoms with Gasteiger partial charge in [-0.05, 0) is 53.2 Å². The van der Waals surface area contributed by atoms with Crippen LogP contribution in [0, 0.1) is 5.92 Å². The van der Waals surface area contributed by atoms with Crippen molar-refractivity contribution < 1.29 is 4.21 Å². The van der Waals surface area contributed by atoms with Gasteiger partial charge in [-0.3, -0.25) is 4.21 Å². The van der Waals surface area contributed by atoms with Crippen LogP contribution in [0.5, 0.6) is 0 Å². The monoisotopic (exact) mass is 329 g/mol. The van der Waals surface area contributed by atoms with Gasteiger partial charge in [0.15, 0.2) is 0 Å². The minimum absolute atomic E-state index is 0.0701. The smallest absolute Gasteiger partial charge is 0.0588 e. The maximum atomic E-state index is 12.7. The van der Waals surface area contributed by atoms with Crippen molar-refractivity contribution in [2.75, 3.05) is 0 Å². The molecule has 0 aromatic heterocycles. The van der Waals surface area contributed by atoms with Crippen LogP contribution in [0.25, 0.3) is 0 Å². The van der Waals surface area contributed by atoms with E-state index in [1.807, 2.05) is 24.3 Å². The van der Waals surface area contributed by atoms with Crippen molar-refractivity contribution in [1.29, 1.82) is 0 Å². The van der Waals surface area contributed by atoms with Crippen molar-refractivity contribution in [3.63, 3.8) is 0 Å². The maximum absolute atomic E-state index is 12.7. The molecule has 0 radical (unpaired) electrons. The molecule has 100 valence electrons. The molecule has 1 saturated carbocycles. The fraction of sp³-hybridized carbons (Fsp3) is 0.571. The lowest BCUT2D eigenvalue weighted by atomic mass is 9.84. The third kappa shape index (κ3) is 3.03. The molecule has 1 aromatic rings. The zero-order valence-corrected chi connectivity index (χ0v) is 13.0. The summed E-state index contributed by atoms with van der Waals surface area (Å²) < 4.78 is 13.6. The zero-order valence-electron chi connectivity index (χ0n) is 10.6. The summed E-state index contributed by atoms with van der Waals surface area (Å²) in [5.41, 5.74) is 6.18. The van der Waals surface area contributed by atoms with Crippen LogP contribution >= 0.6 is 15.9 Å². The van der Waals surface area contributed by atoms with E-state index in [2.05, 4.69) is 22.9 Å². The van der Waals surface area contributed by atoms with Gasteiger partial charge in [0.1, 0.15) is 0 Å². The summed E-state index contributed by atoms with van der Waals surface area (Å²) in [6.45, 7) is 2.21. The van der Waals surface area contributed by atoms with Crippen molar-refractivity contribution in [2.45, 2.75) is 48.8 Å². The summed E-state index contributed by atoms with van der Waals surface area (Å²) in [4.78, 5) is 0.884. The molecule has 2 nitrogen and oxygen atoms in total. The normalized spacial score (nSPS) is 30.1. The average molecular weight is 330 g/mol. The summed E-state index contributed by atoms with van der Waals surface area (Å²) in [5.74, 6) is 0.682. The molecule has 0 bridgehead atoms. The van der Waals surface area contributed by atoms with E-state index in [1.54, 1.807) is 0 Å². The van der Waals surface area contributed by atoms with Gasteiger partial charge in [-0.15, -0.1) is 0 Å². The van der Waals surface area contributed by atoms with Crippen molar-refractivity contribution in [2.24, 2.45) is 11.7 Å². The van der Waals surface area contributed by atoms with E-state index in [1.165, 1.54) is 6.42 Å². The molecule has 0 spiro atoms. The lowest BCUT2D eigenvalue weighted by molar-refractivity contribution is 0.324. The first-order valence-electron chi connectivity index (χ1n) is 6.54. The van der Waals surface area contributed by atoms with Crippen molar-refractivity contribution >= 4 is 26.7 Å². The van der Waals surface area contributed by atoms with Gasteiger partial charge in [-0.2, -0.15) is 0 Å². The van der Waals surface area contributed by atoms with Crippen LogP contribution in [0.4, 0.5) is 0 Å². The summed E-state index contributed by atoms with van der Waals surface area (Å²) in [7, 11) is -1.01. The minimum Gasteiger partial charge on any atom is -0.327 e. The molecule has 4 unspecified atom stereocenters. The molecule has 1 aliphatic carbocycles. The fourth-order valence-corrected chi connectivity index (χ4v) is 5.09. The van der Waals surface area contributed by atoms with Gasteiger partial charge >= 0.3 is 0 Å². The first-order chi connectivity index (χ1) is 8.63. The standard InChI is InChI=1S/C14H20BrNOS/c1-2-10-7-8-12(16)14(9-10)18(17)13-6-4-3-5-11(13)15/h3-6,10,12,14H,2,7-9,16H2,1H3. The molecule has 2 N–H and O–H groups in total. The van der Waals surface area contributed by atoms with Crippen LogP contribution in [0.2, 0.25) is 0 Å². The van der Waals surface area contributed by atoms with Crippen molar-refractivity contribution in [3.8, 4) is 0 Å². The molecule has 0 aliphatic heterocycles. The van der Waals surface area contributed by atoms with E-state index in [4.69, 9.17) is 5.73 Å². The summed E-state index contributed by atoms with van der Waals surface area (Å²) >= 11 is 3.48. The summed E-state index contributed by atoms with van der Waals surface area (Å²) in [6, 6.07) is 7.83. The van der Waals surface area contributed by atoms with Gasteiger partial charge in [-0.25, -0.2) is 0 Å². The van der Waals surface area contributed by atoms with Gasteiger partial charge in [-0.1, -0.05) is 25.5 Å². The van der Waals surface area contributed by atoms with Crippen LogP contribution in [0.3, 0.4) is 0 Å². The molecule has 2 rings (SSSR count). The number of nitrogens with two attached hydrogens (primary N) is 1. The SMILES string of the molecule is CCC1CCC(N)C(S(=O)c2ccccc2Br)C1. The van der Waals surface area contributed by atoms with Crippen LogP contribution in [-0.4, -0.2) is 15.5 Å². The largest absolute Gasteiger partial charge is 0.327 e. The predicted octanol–water partition coefficient (Wildman–Crippen LogP) is 3.46. The molecule has 0 amide bonds. The third-order valence-electron chi connectivity index (χ3n) is 3.86. The Kier molecular flexibility index (Phi) is 4.98. The molecule has 18 heavy (non-hydrogen) atoms. The van der Waals surface area contributed by atoms with Gasteiger partial charge in [0.2, 0.25) is 0 Å². The third-order valence-corrected chi connectivity index (χ3v) is 6.69. The van der Waals surface area contributed by atoms with Crippen LogP contribution < -0.4 is 5.73 Å². The molecule has 1 aliphatic rings. The number of rotatable bonds is 3. The highest BCUT2D eigenvalue weighted by Crippen LogP contribution is 2.33. The Hall–Kier alpha value is -0.190. The Labute approximate surface area is 120 Å². The summed E-state index contributed by atoms with van der Waals surface area (Å²) in [5, 5.41) is 0.0994. The second-order valence-corrected chi connectivity index (χ2v) is 7.51. The van der Waals surface area contributed by atoms with Gasteiger partial charge in [0.25, 0.3) is 0 Å². The maximum Gasteiger partial charge on any atom is 0.0588 e. The molecule has 0 heterocycles. The lowest BCUT2D eigenvalue weighted by Gasteiger charge is -2.33. The second kappa shape index (κ2) is 6.31. The van der Waals surface area contributed by atoms with Crippen LogP contribution in [-0.2, 0) is 10.8 Å². The molecular weight excluding hydrogens is 310 g/mol. The number of benzene rings is 1. The number of hydrogen-bond acceptors (Lipinski definition) is 2. The first kappa shape index (κ1) is 14.2. The highest BCUT2D eigenvalue weighted by molar-refractivity contribution is 9.10. The quantitative estimate of drug-likeness (QED) is 0.922. The highest BCUT2D eigenvalue weighted by atomic mass is 79.9. The summed E-state index contributed by atoms with van der Waals surface area (Å²) in [6.07, 6.45) is 4.34. The van der Waals surface area contributed by atoms with Crippen molar-refractivity contribution in [3.05, 3.63) is 28.7 Å². The number of hydrogen-bond donors (Lipinski definition) is 1. The van der Waals surface area contributed by atoms with E-state index >= 15 is 0 Å². The van der Waals surface area contributed by atoms with E-state index in [0.29, 0.717) is 5.92 Å². The van der Waals surface area contributed by atoms with Gasteiger partial charge in [0.05, 0.1) is 20.9 Å². The fourth-order valence-electron chi connectivity index (χ4n) is 2.62. The Morgan fingerprint density at radius 3 is 2.78 bits per heavy atom. The topological polar surface area (TPSA) is 43.1 Å². The Morgan fingerprint density at radius 2 is 2.11 bits per heavy atom. The Balaban J connectivity index is 2.19. The van der Waals surface area contributed by atoms with E-state index in [-0.39, 0.29) is 11.3 Å².